The number of benzene rings is 1. The van der Waals surface area contributed by atoms with Gasteiger partial charge in [0.1, 0.15) is 11.9 Å². The van der Waals surface area contributed by atoms with Crippen molar-refractivity contribution in [1.29, 1.82) is 0 Å². The van der Waals surface area contributed by atoms with E-state index in [-0.39, 0.29) is 0 Å². The Labute approximate surface area is 111 Å². The Morgan fingerprint density at radius 3 is 2.84 bits per heavy atom. The molecule has 3 rings (SSSR count). The van der Waals surface area contributed by atoms with Crippen LogP contribution in [0.5, 0.6) is 0 Å². The smallest absolute Gasteiger partial charge is 0.135 e. The molecule has 4 heteroatoms. The molecule has 0 fully saturated rings. The van der Waals surface area contributed by atoms with Gasteiger partial charge in [0.2, 0.25) is 0 Å². The van der Waals surface area contributed by atoms with Crippen molar-refractivity contribution in [2.45, 2.75) is 19.4 Å². The fourth-order valence-corrected chi connectivity index (χ4v) is 2.44. The molecule has 0 radical (unpaired) electrons. The predicted molar refractivity (Wildman–Crippen MR) is 72.8 cm³/mol. The van der Waals surface area contributed by atoms with Crippen LogP contribution in [-0.2, 0) is 13.5 Å². The van der Waals surface area contributed by atoms with Crippen molar-refractivity contribution in [2.24, 2.45) is 7.05 Å². The number of furan rings is 1. The maximum atomic E-state index is 10.3. The van der Waals surface area contributed by atoms with E-state index in [4.69, 9.17) is 4.42 Å². The van der Waals surface area contributed by atoms with Gasteiger partial charge < -0.3 is 9.52 Å². The average Bonchev–Trinajstić information content (AvgIpc) is 2.95. The highest BCUT2D eigenvalue weighted by atomic mass is 16.4. The van der Waals surface area contributed by atoms with Crippen LogP contribution in [0.3, 0.4) is 0 Å². The summed E-state index contributed by atoms with van der Waals surface area (Å²) in [6, 6.07) is 9.88. The second-order valence-electron chi connectivity index (χ2n) is 4.78. The fraction of sp³-hybridized carbons (Fsp3) is 0.267. The van der Waals surface area contributed by atoms with Crippen molar-refractivity contribution >= 4 is 10.9 Å². The third-order valence-corrected chi connectivity index (χ3v) is 3.43. The molecular formula is C15H16N2O2. The lowest BCUT2D eigenvalue weighted by Crippen LogP contribution is -2.03. The molecule has 1 atom stereocenters. The highest BCUT2D eigenvalue weighted by molar-refractivity contribution is 5.81. The molecule has 4 nitrogen and oxygen atoms in total. The van der Waals surface area contributed by atoms with Crippen LogP contribution in [0.1, 0.15) is 23.1 Å². The summed E-state index contributed by atoms with van der Waals surface area (Å²) in [6.07, 6.45) is 1.40. The minimum absolute atomic E-state index is 0.454. The predicted octanol–water partition coefficient (Wildman–Crippen LogP) is 2.75. The van der Waals surface area contributed by atoms with E-state index in [1.54, 1.807) is 6.26 Å². The van der Waals surface area contributed by atoms with Gasteiger partial charge in [-0.2, -0.15) is 5.10 Å². The lowest BCUT2D eigenvalue weighted by molar-refractivity contribution is 0.148. The number of hydrogen-bond acceptors (Lipinski definition) is 3. The van der Waals surface area contributed by atoms with E-state index >= 15 is 0 Å². The number of aromatic nitrogens is 2. The first-order valence-electron chi connectivity index (χ1n) is 6.29. The summed E-state index contributed by atoms with van der Waals surface area (Å²) in [6.45, 7) is 1.93. The number of aliphatic hydroxyl groups is 1. The second-order valence-corrected chi connectivity index (χ2v) is 4.78. The minimum Gasteiger partial charge on any atom is -0.466 e. The number of rotatable bonds is 3. The van der Waals surface area contributed by atoms with Crippen LogP contribution in [0.15, 0.2) is 41.0 Å². The Kier molecular flexibility index (Phi) is 2.87. The summed E-state index contributed by atoms with van der Waals surface area (Å²) in [5.41, 5.74) is 2.93. The van der Waals surface area contributed by atoms with Crippen LogP contribution in [0, 0.1) is 6.92 Å². The molecular weight excluding hydrogens is 240 g/mol. The van der Waals surface area contributed by atoms with Gasteiger partial charge in [0.15, 0.2) is 0 Å². The summed E-state index contributed by atoms with van der Waals surface area (Å²) < 4.78 is 7.17. The quantitative estimate of drug-likeness (QED) is 0.784. The number of fused-ring (bicyclic) bond motifs is 1. The molecule has 0 aliphatic heterocycles. The third kappa shape index (κ3) is 2.04. The zero-order valence-electron chi connectivity index (χ0n) is 11.0. The summed E-state index contributed by atoms with van der Waals surface area (Å²) in [4.78, 5) is 0. The molecule has 0 spiro atoms. The standard InChI is InChI=1S/C15H16N2O2/c1-10-7-8-19-15(10)14(18)9-12-11-5-3-4-6-13(11)17(2)16-12/h3-8,14,18H,9H2,1-2H3. The maximum Gasteiger partial charge on any atom is 0.135 e. The zero-order chi connectivity index (χ0) is 13.4. The van der Waals surface area contributed by atoms with E-state index in [9.17, 15) is 5.11 Å². The summed E-state index contributed by atoms with van der Waals surface area (Å²) in [5.74, 6) is 0.620. The largest absolute Gasteiger partial charge is 0.466 e. The lowest BCUT2D eigenvalue weighted by Gasteiger charge is -2.07. The molecule has 0 saturated carbocycles. The molecule has 0 aliphatic rings. The van der Waals surface area contributed by atoms with Crippen molar-refractivity contribution in [1.82, 2.24) is 9.78 Å². The topological polar surface area (TPSA) is 51.2 Å². The molecule has 1 aromatic carbocycles. The van der Waals surface area contributed by atoms with Crippen molar-refractivity contribution in [3.8, 4) is 0 Å². The molecule has 1 unspecified atom stereocenters. The van der Waals surface area contributed by atoms with Gasteiger partial charge in [-0.15, -0.1) is 0 Å². The Bertz CT molecular complexity index is 712. The van der Waals surface area contributed by atoms with Crippen LogP contribution in [0.2, 0.25) is 0 Å². The number of para-hydroxylation sites is 1. The summed E-state index contributed by atoms with van der Waals surface area (Å²) in [7, 11) is 1.91. The van der Waals surface area contributed by atoms with E-state index in [0.717, 1.165) is 22.2 Å². The van der Waals surface area contributed by atoms with Crippen LogP contribution in [-0.4, -0.2) is 14.9 Å². The summed E-state index contributed by atoms with van der Waals surface area (Å²) >= 11 is 0. The molecule has 98 valence electrons. The van der Waals surface area contributed by atoms with Gasteiger partial charge in [0.05, 0.1) is 17.5 Å². The van der Waals surface area contributed by atoms with E-state index in [0.29, 0.717) is 12.2 Å². The first-order chi connectivity index (χ1) is 9.16. The van der Waals surface area contributed by atoms with Gasteiger partial charge in [-0.05, 0) is 24.6 Å². The molecule has 0 amide bonds. The van der Waals surface area contributed by atoms with Crippen LogP contribution < -0.4 is 0 Å². The van der Waals surface area contributed by atoms with E-state index in [1.165, 1.54) is 0 Å². The first kappa shape index (κ1) is 12.0. The molecule has 1 N–H and O–H groups in total. The Morgan fingerprint density at radius 1 is 1.32 bits per heavy atom. The number of aliphatic hydroxyl groups excluding tert-OH is 1. The van der Waals surface area contributed by atoms with E-state index in [1.807, 2.05) is 49.0 Å². The highest BCUT2D eigenvalue weighted by Crippen LogP contribution is 2.25. The third-order valence-electron chi connectivity index (χ3n) is 3.43. The van der Waals surface area contributed by atoms with Gasteiger partial charge in [-0.25, -0.2) is 0 Å². The highest BCUT2D eigenvalue weighted by Gasteiger charge is 2.18. The number of aryl methyl sites for hydroxylation is 2. The molecule has 19 heavy (non-hydrogen) atoms. The van der Waals surface area contributed by atoms with Gasteiger partial charge in [0, 0.05) is 18.9 Å². The van der Waals surface area contributed by atoms with Crippen LogP contribution >= 0.6 is 0 Å². The lowest BCUT2D eigenvalue weighted by atomic mass is 10.1. The monoisotopic (exact) mass is 256 g/mol. The molecule has 0 bridgehead atoms. The maximum absolute atomic E-state index is 10.3. The molecule has 2 aromatic heterocycles. The first-order valence-corrected chi connectivity index (χ1v) is 6.29. The van der Waals surface area contributed by atoms with Crippen molar-refractivity contribution in [2.75, 3.05) is 0 Å². The second kappa shape index (κ2) is 4.55. The van der Waals surface area contributed by atoms with Crippen molar-refractivity contribution in [3.63, 3.8) is 0 Å². The number of nitrogens with zero attached hydrogens (tertiary/aromatic N) is 2. The van der Waals surface area contributed by atoms with Crippen LogP contribution in [0.25, 0.3) is 10.9 Å². The van der Waals surface area contributed by atoms with Gasteiger partial charge in [-0.1, -0.05) is 18.2 Å². The van der Waals surface area contributed by atoms with Crippen molar-refractivity contribution in [3.05, 3.63) is 53.6 Å². The molecule has 2 heterocycles. The SMILES string of the molecule is Cc1ccoc1C(O)Cc1nn(C)c2ccccc12. The zero-order valence-corrected chi connectivity index (χ0v) is 11.0. The Morgan fingerprint density at radius 2 is 2.11 bits per heavy atom. The van der Waals surface area contributed by atoms with Gasteiger partial charge in [0.25, 0.3) is 0 Å². The van der Waals surface area contributed by atoms with Gasteiger partial charge in [-0.3, -0.25) is 4.68 Å². The van der Waals surface area contributed by atoms with Gasteiger partial charge >= 0.3 is 0 Å². The normalized spacial score (nSPS) is 13.0. The van der Waals surface area contributed by atoms with Crippen LogP contribution in [0.4, 0.5) is 0 Å². The molecule has 0 saturated heterocycles. The Hall–Kier alpha value is -2.07. The fourth-order valence-electron chi connectivity index (χ4n) is 2.44. The van der Waals surface area contributed by atoms with E-state index < -0.39 is 6.10 Å². The average molecular weight is 256 g/mol. The summed E-state index contributed by atoms with van der Waals surface area (Å²) in [5, 5.41) is 15.8. The molecule has 3 aromatic rings. The minimum atomic E-state index is -0.659. The van der Waals surface area contributed by atoms with E-state index in [2.05, 4.69) is 5.10 Å². The molecule has 0 aliphatic carbocycles. The van der Waals surface area contributed by atoms with Crippen molar-refractivity contribution < 1.29 is 9.52 Å². The Balaban J connectivity index is 1.96. The number of hydrogen-bond donors (Lipinski definition) is 1.